The highest BCUT2D eigenvalue weighted by Crippen LogP contribution is 2.37. The average molecular weight is 289 g/mol. The van der Waals surface area contributed by atoms with Gasteiger partial charge < -0.3 is 14.6 Å². The second kappa shape index (κ2) is 5.91. The summed E-state index contributed by atoms with van der Waals surface area (Å²) in [4.78, 5) is 21.5. The molecule has 2 aromatic rings. The highest BCUT2D eigenvalue weighted by Gasteiger charge is 2.23. The summed E-state index contributed by atoms with van der Waals surface area (Å²) in [7, 11) is 1.28. The van der Waals surface area contributed by atoms with Gasteiger partial charge in [0, 0.05) is 12.1 Å². The van der Waals surface area contributed by atoms with Crippen LogP contribution in [0.3, 0.4) is 0 Å². The molecule has 7 nitrogen and oxygen atoms in total. The Hall–Kier alpha value is -3.09. The zero-order valence-corrected chi connectivity index (χ0v) is 11.0. The van der Waals surface area contributed by atoms with E-state index in [9.17, 15) is 14.9 Å². The second-order valence-corrected chi connectivity index (χ2v) is 4.00. The summed E-state index contributed by atoms with van der Waals surface area (Å²) in [6.07, 6.45) is 0. The van der Waals surface area contributed by atoms with Crippen LogP contribution in [0.5, 0.6) is 17.2 Å². The molecule has 0 fully saturated rings. The van der Waals surface area contributed by atoms with E-state index in [1.54, 1.807) is 30.3 Å². The Bertz CT molecular complexity index is 683. The van der Waals surface area contributed by atoms with Crippen molar-refractivity contribution in [2.24, 2.45) is 0 Å². The second-order valence-electron chi connectivity index (χ2n) is 4.00. The Morgan fingerprint density at radius 2 is 1.86 bits per heavy atom. The zero-order valence-electron chi connectivity index (χ0n) is 11.0. The van der Waals surface area contributed by atoms with Crippen molar-refractivity contribution < 1.29 is 24.3 Å². The van der Waals surface area contributed by atoms with E-state index in [-0.39, 0.29) is 17.1 Å². The number of benzene rings is 2. The van der Waals surface area contributed by atoms with Gasteiger partial charge in [0.05, 0.1) is 12.0 Å². The fourth-order valence-corrected chi connectivity index (χ4v) is 1.73. The van der Waals surface area contributed by atoms with Crippen molar-refractivity contribution in [1.82, 2.24) is 0 Å². The molecule has 0 bridgehead atoms. The summed E-state index contributed by atoms with van der Waals surface area (Å²) in [6.45, 7) is 0. The van der Waals surface area contributed by atoms with E-state index in [0.717, 1.165) is 6.07 Å². The molecule has 0 aliphatic rings. The zero-order chi connectivity index (χ0) is 15.4. The molecule has 0 unspecified atom stereocenters. The predicted molar refractivity (Wildman–Crippen MR) is 73.1 cm³/mol. The van der Waals surface area contributed by atoms with Gasteiger partial charge in [0.15, 0.2) is 0 Å². The van der Waals surface area contributed by atoms with E-state index in [0.29, 0.717) is 5.75 Å². The van der Waals surface area contributed by atoms with Crippen molar-refractivity contribution in [2.75, 3.05) is 7.11 Å². The molecule has 7 heteroatoms. The van der Waals surface area contributed by atoms with Gasteiger partial charge in [0.2, 0.25) is 5.75 Å². The molecule has 0 saturated carbocycles. The third-order valence-electron chi connectivity index (χ3n) is 2.68. The highest BCUT2D eigenvalue weighted by atomic mass is 16.6. The maximum atomic E-state index is 11.1. The van der Waals surface area contributed by atoms with Crippen molar-refractivity contribution in [2.45, 2.75) is 0 Å². The maximum Gasteiger partial charge on any atom is 0.339 e. The van der Waals surface area contributed by atoms with Crippen LogP contribution in [0.15, 0.2) is 42.5 Å². The summed E-state index contributed by atoms with van der Waals surface area (Å²) in [5.41, 5.74) is -0.748. The van der Waals surface area contributed by atoms with Gasteiger partial charge in [-0.25, -0.2) is 4.79 Å². The largest absolute Gasteiger partial charge is 0.496 e. The Morgan fingerprint density at radius 3 is 2.38 bits per heavy atom. The van der Waals surface area contributed by atoms with Crippen LogP contribution in [-0.2, 0) is 0 Å². The SMILES string of the molecule is COc1cc(Oc2ccccc2)c([N+](=O)[O-])cc1C(=O)O. The smallest absolute Gasteiger partial charge is 0.339 e. The number of methoxy groups -OCH3 is 1. The molecular formula is C14H11NO6. The van der Waals surface area contributed by atoms with Gasteiger partial charge in [-0.05, 0) is 12.1 Å². The van der Waals surface area contributed by atoms with Crippen LogP contribution in [0.4, 0.5) is 5.69 Å². The van der Waals surface area contributed by atoms with Gasteiger partial charge >= 0.3 is 11.7 Å². The van der Waals surface area contributed by atoms with E-state index in [2.05, 4.69) is 0 Å². The molecule has 0 aliphatic carbocycles. The number of nitro groups is 1. The monoisotopic (exact) mass is 289 g/mol. The standard InChI is InChI=1S/C14H11NO6/c1-20-12-8-13(21-9-5-3-2-4-6-9)11(15(18)19)7-10(12)14(16)17/h2-8H,1H3,(H,16,17). The van der Waals surface area contributed by atoms with Crippen LogP contribution in [0, 0.1) is 10.1 Å². The Balaban J connectivity index is 2.53. The fraction of sp³-hybridized carbons (Fsp3) is 0.0714. The van der Waals surface area contributed by atoms with Gasteiger partial charge in [-0.15, -0.1) is 0 Å². The highest BCUT2D eigenvalue weighted by molar-refractivity contribution is 5.92. The van der Waals surface area contributed by atoms with Gasteiger partial charge in [-0.2, -0.15) is 0 Å². The van der Waals surface area contributed by atoms with Crippen LogP contribution in [0.1, 0.15) is 10.4 Å². The molecule has 1 N–H and O–H groups in total. The first-order valence-corrected chi connectivity index (χ1v) is 5.85. The first-order chi connectivity index (χ1) is 10.0. The minimum atomic E-state index is -1.32. The number of carboxylic acid groups (broad SMARTS) is 1. The number of para-hydroxylation sites is 1. The molecule has 0 atom stereocenters. The molecule has 21 heavy (non-hydrogen) atoms. The lowest BCUT2D eigenvalue weighted by Gasteiger charge is -2.10. The van der Waals surface area contributed by atoms with Crippen LogP contribution < -0.4 is 9.47 Å². The molecule has 0 amide bonds. The van der Waals surface area contributed by atoms with Crippen molar-refractivity contribution >= 4 is 11.7 Å². The molecule has 0 radical (unpaired) electrons. The van der Waals surface area contributed by atoms with Crippen molar-refractivity contribution in [3.05, 3.63) is 58.1 Å². The van der Waals surface area contributed by atoms with Crippen LogP contribution in [0.2, 0.25) is 0 Å². The number of rotatable bonds is 5. The minimum Gasteiger partial charge on any atom is -0.496 e. The molecule has 0 heterocycles. The Kier molecular flexibility index (Phi) is 4.03. The topological polar surface area (TPSA) is 98.9 Å². The van der Waals surface area contributed by atoms with Crippen LogP contribution >= 0.6 is 0 Å². The first-order valence-electron chi connectivity index (χ1n) is 5.85. The molecule has 108 valence electrons. The van der Waals surface area contributed by atoms with Gasteiger partial charge in [-0.1, -0.05) is 18.2 Å². The van der Waals surface area contributed by atoms with Crippen molar-refractivity contribution in [1.29, 1.82) is 0 Å². The summed E-state index contributed by atoms with van der Waals surface area (Å²) >= 11 is 0. The lowest BCUT2D eigenvalue weighted by molar-refractivity contribution is -0.385. The van der Waals surface area contributed by atoms with Gasteiger partial charge in [0.1, 0.15) is 17.1 Å². The van der Waals surface area contributed by atoms with Crippen molar-refractivity contribution in [3.63, 3.8) is 0 Å². The summed E-state index contributed by atoms with van der Waals surface area (Å²) in [5, 5.41) is 20.1. The molecule has 0 aromatic heterocycles. The number of hydrogen-bond acceptors (Lipinski definition) is 5. The van der Waals surface area contributed by atoms with Gasteiger partial charge in [-0.3, -0.25) is 10.1 Å². The molecule has 0 aliphatic heterocycles. The molecule has 2 aromatic carbocycles. The Morgan fingerprint density at radius 1 is 1.19 bits per heavy atom. The summed E-state index contributed by atoms with van der Waals surface area (Å²) < 4.78 is 10.4. The number of hydrogen-bond donors (Lipinski definition) is 1. The lowest BCUT2D eigenvalue weighted by atomic mass is 10.1. The van der Waals surface area contributed by atoms with Crippen LogP contribution in [-0.4, -0.2) is 23.1 Å². The van der Waals surface area contributed by atoms with Gasteiger partial charge in [0.25, 0.3) is 0 Å². The summed E-state index contributed by atoms with van der Waals surface area (Å²) in [6, 6.07) is 10.6. The van der Waals surface area contributed by atoms with E-state index in [1.807, 2.05) is 0 Å². The number of ether oxygens (including phenoxy) is 2. The lowest BCUT2D eigenvalue weighted by Crippen LogP contribution is -2.03. The number of aromatic carboxylic acids is 1. The predicted octanol–water partition coefficient (Wildman–Crippen LogP) is 3.09. The average Bonchev–Trinajstić information content (AvgIpc) is 2.47. The molecule has 2 rings (SSSR count). The molecule has 0 saturated heterocycles. The summed E-state index contributed by atoms with van der Waals surface area (Å²) in [5.74, 6) is -1.03. The molecular weight excluding hydrogens is 278 g/mol. The third kappa shape index (κ3) is 3.08. The van der Waals surface area contributed by atoms with E-state index >= 15 is 0 Å². The van der Waals surface area contributed by atoms with Crippen LogP contribution in [0.25, 0.3) is 0 Å². The third-order valence-corrected chi connectivity index (χ3v) is 2.68. The number of carbonyl (C=O) groups is 1. The van der Waals surface area contributed by atoms with E-state index in [4.69, 9.17) is 14.6 Å². The van der Waals surface area contributed by atoms with E-state index in [1.165, 1.54) is 13.2 Å². The number of carboxylic acids is 1. The van der Waals surface area contributed by atoms with Crippen molar-refractivity contribution in [3.8, 4) is 17.2 Å². The maximum absolute atomic E-state index is 11.1. The molecule has 0 spiro atoms. The fourth-order valence-electron chi connectivity index (χ4n) is 1.73. The normalized spacial score (nSPS) is 9.95. The Labute approximate surface area is 119 Å². The number of nitro benzene ring substituents is 1. The van der Waals surface area contributed by atoms with E-state index < -0.39 is 16.6 Å². The quantitative estimate of drug-likeness (QED) is 0.670. The number of nitrogens with zero attached hydrogens (tertiary/aromatic N) is 1. The minimum absolute atomic E-state index is 0.0148. The first kappa shape index (κ1) is 14.3.